The molecule has 0 atom stereocenters. The second-order valence-electron chi connectivity index (χ2n) is 7.24. The van der Waals surface area contributed by atoms with Crippen molar-refractivity contribution < 1.29 is 4.74 Å². The van der Waals surface area contributed by atoms with Gasteiger partial charge < -0.3 is 10.1 Å². The Morgan fingerprint density at radius 1 is 1.20 bits per heavy atom. The molecular formula is C23H20N4OS2. The van der Waals surface area contributed by atoms with Crippen molar-refractivity contribution >= 4 is 43.0 Å². The molecule has 1 aliphatic rings. The van der Waals surface area contributed by atoms with Crippen LogP contribution in [0.5, 0.6) is 5.75 Å². The van der Waals surface area contributed by atoms with Gasteiger partial charge in [0.2, 0.25) is 0 Å². The monoisotopic (exact) mass is 432 g/mol. The molecule has 5 nitrogen and oxygen atoms in total. The molecule has 7 heteroatoms. The van der Waals surface area contributed by atoms with Gasteiger partial charge in [0.25, 0.3) is 0 Å². The second kappa shape index (κ2) is 8.07. The average Bonchev–Trinajstić information content (AvgIpc) is 3.33. The highest BCUT2D eigenvalue weighted by Crippen LogP contribution is 2.40. The molecule has 1 aliphatic heterocycles. The lowest BCUT2D eigenvalue weighted by Gasteiger charge is -2.26. The minimum Gasteiger partial charge on any atom is -0.497 e. The molecule has 0 saturated heterocycles. The quantitative estimate of drug-likeness (QED) is 0.449. The molecule has 0 saturated carbocycles. The zero-order chi connectivity index (χ0) is 20.5. The van der Waals surface area contributed by atoms with Crippen LogP contribution in [0.2, 0.25) is 0 Å². The number of methoxy groups -OCH3 is 1. The van der Waals surface area contributed by atoms with Gasteiger partial charge in [0.15, 0.2) is 5.13 Å². The highest BCUT2D eigenvalue weighted by molar-refractivity contribution is 7.23. The summed E-state index contributed by atoms with van der Waals surface area (Å²) < 4.78 is 6.38. The summed E-state index contributed by atoms with van der Waals surface area (Å²) in [7, 11) is 1.66. The Morgan fingerprint density at radius 3 is 2.87 bits per heavy atom. The van der Waals surface area contributed by atoms with E-state index >= 15 is 0 Å². The molecule has 4 aromatic rings. The van der Waals surface area contributed by atoms with Gasteiger partial charge in [-0.25, -0.2) is 4.98 Å². The first-order valence-electron chi connectivity index (χ1n) is 9.76. The highest BCUT2D eigenvalue weighted by atomic mass is 32.1. The van der Waals surface area contributed by atoms with Gasteiger partial charge in [-0.3, -0.25) is 4.90 Å². The van der Waals surface area contributed by atoms with Crippen molar-refractivity contribution in [1.29, 1.82) is 5.26 Å². The van der Waals surface area contributed by atoms with Crippen molar-refractivity contribution in [2.75, 3.05) is 19.0 Å². The lowest BCUT2D eigenvalue weighted by molar-refractivity contribution is 0.249. The molecule has 0 fully saturated rings. The summed E-state index contributed by atoms with van der Waals surface area (Å²) in [6.45, 7) is 2.78. The maximum absolute atomic E-state index is 9.82. The van der Waals surface area contributed by atoms with Crippen LogP contribution in [0.4, 0.5) is 10.1 Å². The smallest absolute Gasteiger partial charge is 0.188 e. The average molecular weight is 433 g/mol. The number of nitrogens with one attached hydrogen (secondary N) is 1. The van der Waals surface area contributed by atoms with Gasteiger partial charge in [0.05, 0.1) is 22.9 Å². The second-order valence-corrected chi connectivity index (χ2v) is 9.38. The Kier molecular flexibility index (Phi) is 5.13. The van der Waals surface area contributed by atoms with Crippen molar-refractivity contribution in [2.45, 2.75) is 19.5 Å². The molecule has 0 unspecified atom stereocenters. The van der Waals surface area contributed by atoms with Crippen molar-refractivity contribution in [3.63, 3.8) is 0 Å². The first-order valence-corrected chi connectivity index (χ1v) is 11.4. The predicted molar refractivity (Wildman–Crippen MR) is 123 cm³/mol. The normalized spacial score (nSPS) is 13.7. The molecule has 0 amide bonds. The van der Waals surface area contributed by atoms with E-state index in [9.17, 15) is 5.26 Å². The molecule has 0 bridgehead atoms. The third-order valence-corrected chi connectivity index (χ3v) is 7.40. The van der Waals surface area contributed by atoms with E-state index in [1.807, 2.05) is 24.3 Å². The Balaban J connectivity index is 1.39. The molecule has 2 aromatic carbocycles. The van der Waals surface area contributed by atoms with Gasteiger partial charge in [-0.05, 0) is 29.7 Å². The number of fused-ring (bicyclic) bond motifs is 2. The predicted octanol–water partition coefficient (Wildman–Crippen LogP) is 5.54. The molecule has 3 heterocycles. The van der Waals surface area contributed by atoms with Gasteiger partial charge >= 0.3 is 0 Å². The van der Waals surface area contributed by atoms with Crippen LogP contribution in [0.15, 0.2) is 48.5 Å². The number of ether oxygens (including phenoxy) is 1. The number of hydrogen-bond donors (Lipinski definition) is 1. The number of thiazole rings is 1. The van der Waals surface area contributed by atoms with E-state index in [2.05, 4.69) is 45.5 Å². The summed E-state index contributed by atoms with van der Waals surface area (Å²) in [6, 6.07) is 18.9. The molecule has 5 rings (SSSR count). The van der Waals surface area contributed by atoms with Crippen LogP contribution in [-0.4, -0.2) is 23.5 Å². The molecule has 2 aromatic heterocycles. The number of nitriles is 1. The summed E-state index contributed by atoms with van der Waals surface area (Å²) in [5, 5.41) is 14.9. The third kappa shape index (κ3) is 3.65. The van der Waals surface area contributed by atoms with Gasteiger partial charge in [-0.2, -0.15) is 5.26 Å². The largest absolute Gasteiger partial charge is 0.497 e. The molecule has 0 aliphatic carbocycles. The molecule has 1 N–H and O–H groups in total. The van der Waals surface area contributed by atoms with E-state index < -0.39 is 0 Å². The Labute approximate surface area is 183 Å². The maximum Gasteiger partial charge on any atom is 0.188 e. The maximum atomic E-state index is 9.82. The third-order valence-electron chi connectivity index (χ3n) is 5.31. The first kappa shape index (κ1) is 19.1. The summed E-state index contributed by atoms with van der Waals surface area (Å²) in [5.74, 6) is 0.794. The van der Waals surface area contributed by atoms with Gasteiger partial charge in [0, 0.05) is 30.6 Å². The fraction of sp³-hybridized carbons (Fsp3) is 0.217. The van der Waals surface area contributed by atoms with Crippen molar-refractivity contribution in [1.82, 2.24) is 9.88 Å². The van der Waals surface area contributed by atoms with Crippen molar-refractivity contribution in [2.24, 2.45) is 0 Å². The fourth-order valence-electron chi connectivity index (χ4n) is 3.82. The molecule has 0 spiro atoms. The first-order chi connectivity index (χ1) is 14.7. The molecule has 30 heavy (non-hydrogen) atoms. The zero-order valence-electron chi connectivity index (χ0n) is 16.5. The lowest BCUT2D eigenvalue weighted by Crippen LogP contribution is -2.29. The van der Waals surface area contributed by atoms with E-state index in [4.69, 9.17) is 4.74 Å². The van der Waals surface area contributed by atoms with Gasteiger partial charge in [-0.1, -0.05) is 41.7 Å². The van der Waals surface area contributed by atoms with E-state index in [-0.39, 0.29) is 0 Å². The summed E-state index contributed by atoms with van der Waals surface area (Å²) >= 11 is 3.27. The van der Waals surface area contributed by atoms with Crippen LogP contribution in [0.1, 0.15) is 21.6 Å². The van der Waals surface area contributed by atoms with Crippen molar-refractivity contribution in [3.8, 4) is 11.8 Å². The Morgan fingerprint density at radius 2 is 2.07 bits per heavy atom. The molecule has 150 valence electrons. The van der Waals surface area contributed by atoms with Crippen molar-refractivity contribution in [3.05, 3.63) is 70.1 Å². The minimum atomic E-state index is 0.770. The summed E-state index contributed by atoms with van der Waals surface area (Å²) in [4.78, 5) is 8.41. The SMILES string of the molecule is COc1ccc2sc(Nc3sc4c(c3C#N)CCN(Cc3ccccc3)C4)nc2c1. The Bertz CT molecular complexity index is 1240. The summed E-state index contributed by atoms with van der Waals surface area (Å²) in [5.41, 5.74) is 4.18. The van der Waals surface area contributed by atoms with Crippen LogP contribution >= 0.6 is 22.7 Å². The summed E-state index contributed by atoms with van der Waals surface area (Å²) in [6.07, 6.45) is 0.903. The zero-order valence-corrected chi connectivity index (χ0v) is 18.1. The Hall–Kier alpha value is -2.92. The van der Waals surface area contributed by atoms with Crippen LogP contribution in [0, 0.1) is 11.3 Å². The highest BCUT2D eigenvalue weighted by Gasteiger charge is 2.25. The standard InChI is InChI=1S/C23H20N4OS2/c1-28-16-7-8-20-19(11-16)25-23(30-20)26-22-18(12-24)17-9-10-27(14-21(17)29-22)13-15-5-3-2-4-6-15/h2-8,11H,9-10,13-14H2,1H3,(H,25,26). The number of aromatic nitrogens is 1. The number of anilines is 2. The number of rotatable bonds is 5. The minimum absolute atomic E-state index is 0.770. The van der Waals surface area contributed by atoms with Crippen LogP contribution in [-0.2, 0) is 19.5 Å². The van der Waals surface area contributed by atoms with E-state index in [0.29, 0.717) is 0 Å². The van der Waals surface area contributed by atoms with Crippen LogP contribution < -0.4 is 10.1 Å². The lowest BCUT2D eigenvalue weighted by atomic mass is 10.0. The van der Waals surface area contributed by atoms with Crippen LogP contribution in [0.3, 0.4) is 0 Å². The van der Waals surface area contributed by atoms with Crippen LogP contribution in [0.25, 0.3) is 10.2 Å². The fourth-order valence-corrected chi connectivity index (χ4v) is 5.98. The topological polar surface area (TPSA) is 61.2 Å². The van der Waals surface area contributed by atoms with E-state index in [0.717, 1.165) is 57.7 Å². The van der Waals surface area contributed by atoms with E-state index in [1.165, 1.54) is 16.0 Å². The number of nitrogens with zero attached hydrogens (tertiary/aromatic N) is 3. The van der Waals surface area contributed by atoms with Gasteiger partial charge in [0.1, 0.15) is 16.8 Å². The number of thiophene rings is 1. The number of hydrogen-bond acceptors (Lipinski definition) is 7. The molecular weight excluding hydrogens is 412 g/mol. The molecule has 0 radical (unpaired) electrons. The number of benzene rings is 2. The van der Waals surface area contributed by atoms with E-state index in [1.54, 1.807) is 29.8 Å². The van der Waals surface area contributed by atoms with Gasteiger partial charge in [-0.15, -0.1) is 11.3 Å².